The lowest BCUT2D eigenvalue weighted by Crippen LogP contribution is -2.45. The highest BCUT2D eigenvalue weighted by molar-refractivity contribution is 5.16. The fourth-order valence-corrected chi connectivity index (χ4v) is 2.40. The van der Waals surface area contributed by atoms with Gasteiger partial charge in [0.15, 0.2) is 0 Å². The van der Waals surface area contributed by atoms with E-state index in [-0.39, 0.29) is 6.10 Å². The monoisotopic (exact) mass is 249 g/mol. The fraction of sp³-hybridized carbons (Fsp3) is 0.625. The number of hydrogen-bond acceptors (Lipinski definition) is 2. The first-order chi connectivity index (χ1) is 8.69. The highest BCUT2D eigenvalue weighted by Gasteiger charge is 2.23. The zero-order valence-corrected chi connectivity index (χ0v) is 12.1. The molecule has 0 saturated heterocycles. The molecule has 0 amide bonds. The Morgan fingerprint density at radius 1 is 1.17 bits per heavy atom. The highest BCUT2D eigenvalue weighted by Crippen LogP contribution is 2.15. The van der Waals surface area contributed by atoms with Crippen molar-refractivity contribution < 1.29 is 4.74 Å². The molecule has 0 aliphatic rings. The molecule has 1 N–H and O–H groups in total. The molecule has 0 bridgehead atoms. The summed E-state index contributed by atoms with van der Waals surface area (Å²) in [4.78, 5) is 0. The Hall–Kier alpha value is -0.860. The Morgan fingerprint density at radius 2 is 1.83 bits per heavy atom. The highest BCUT2D eigenvalue weighted by atomic mass is 16.5. The van der Waals surface area contributed by atoms with Crippen LogP contribution in [0.3, 0.4) is 0 Å². The number of methoxy groups -OCH3 is 1. The van der Waals surface area contributed by atoms with Gasteiger partial charge in [-0.2, -0.15) is 0 Å². The molecule has 2 nitrogen and oxygen atoms in total. The lowest BCUT2D eigenvalue weighted by Gasteiger charge is -2.30. The van der Waals surface area contributed by atoms with Crippen molar-refractivity contribution in [2.45, 2.75) is 45.8 Å². The normalized spacial score (nSPS) is 14.7. The van der Waals surface area contributed by atoms with Crippen LogP contribution in [0.15, 0.2) is 30.3 Å². The second kappa shape index (κ2) is 8.28. The molecule has 2 unspecified atom stereocenters. The average molecular weight is 249 g/mol. The van der Waals surface area contributed by atoms with Gasteiger partial charge in [-0.05, 0) is 30.9 Å². The van der Waals surface area contributed by atoms with Crippen LogP contribution in [-0.4, -0.2) is 25.8 Å². The Bertz CT molecular complexity index is 310. The summed E-state index contributed by atoms with van der Waals surface area (Å²) in [6.45, 7) is 7.69. The predicted molar refractivity (Wildman–Crippen MR) is 77.9 cm³/mol. The van der Waals surface area contributed by atoms with Crippen LogP contribution in [0.25, 0.3) is 0 Å². The van der Waals surface area contributed by atoms with E-state index in [0.29, 0.717) is 12.0 Å². The van der Waals surface area contributed by atoms with Crippen molar-refractivity contribution in [1.29, 1.82) is 0 Å². The molecule has 1 aromatic carbocycles. The van der Waals surface area contributed by atoms with Crippen LogP contribution in [0.2, 0.25) is 0 Å². The fourth-order valence-electron chi connectivity index (χ4n) is 2.40. The van der Waals surface area contributed by atoms with E-state index in [4.69, 9.17) is 4.74 Å². The molecule has 2 heteroatoms. The molecule has 0 heterocycles. The molecule has 0 radical (unpaired) electrons. The number of nitrogens with one attached hydrogen (secondary N) is 1. The molecule has 0 aromatic heterocycles. The molecule has 0 aliphatic carbocycles. The Balaban J connectivity index is 2.71. The van der Waals surface area contributed by atoms with E-state index in [1.807, 2.05) is 7.11 Å². The van der Waals surface area contributed by atoms with Crippen molar-refractivity contribution in [2.75, 3.05) is 13.7 Å². The molecule has 2 atom stereocenters. The summed E-state index contributed by atoms with van der Waals surface area (Å²) in [7, 11) is 1.82. The van der Waals surface area contributed by atoms with Crippen LogP contribution in [0, 0.1) is 5.92 Å². The lowest BCUT2D eigenvalue weighted by atomic mass is 9.93. The van der Waals surface area contributed by atoms with Crippen LogP contribution in [0.4, 0.5) is 0 Å². The second-order valence-corrected chi connectivity index (χ2v) is 5.19. The van der Waals surface area contributed by atoms with Crippen molar-refractivity contribution in [1.82, 2.24) is 5.32 Å². The van der Waals surface area contributed by atoms with Crippen molar-refractivity contribution in [3.63, 3.8) is 0 Å². The summed E-state index contributed by atoms with van der Waals surface area (Å²) in [6, 6.07) is 11.0. The number of benzene rings is 1. The first-order valence-corrected chi connectivity index (χ1v) is 6.99. The van der Waals surface area contributed by atoms with Crippen molar-refractivity contribution >= 4 is 0 Å². The Labute approximate surface area is 112 Å². The van der Waals surface area contributed by atoms with Gasteiger partial charge < -0.3 is 10.1 Å². The predicted octanol–water partition coefficient (Wildman–Crippen LogP) is 3.27. The molecule has 0 fully saturated rings. The SMILES string of the molecule is CCCNC(Cc1ccccc1)C(OC)C(C)C. The number of rotatable bonds is 8. The van der Waals surface area contributed by atoms with Crippen molar-refractivity contribution in [3.8, 4) is 0 Å². The third-order valence-corrected chi connectivity index (χ3v) is 3.28. The first-order valence-electron chi connectivity index (χ1n) is 6.99. The van der Waals surface area contributed by atoms with Crippen molar-refractivity contribution in [2.24, 2.45) is 5.92 Å². The molecular formula is C16H27NO. The largest absolute Gasteiger partial charge is 0.380 e. The third-order valence-electron chi connectivity index (χ3n) is 3.28. The van der Waals surface area contributed by atoms with Gasteiger partial charge in [-0.3, -0.25) is 0 Å². The van der Waals surface area contributed by atoms with E-state index in [2.05, 4.69) is 56.4 Å². The maximum Gasteiger partial charge on any atom is 0.0750 e. The second-order valence-electron chi connectivity index (χ2n) is 5.19. The standard InChI is InChI=1S/C16H27NO/c1-5-11-17-15(16(18-4)13(2)3)12-14-9-7-6-8-10-14/h6-10,13,15-17H,5,11-12H2,1-4H3. The van der Waals surface area contributed by atoms with Gasteiger partial charge in [0.1, 0.15) is 0 Å². The molecule has 0 aliphatic heterocycles. The van der Waals surface area contributed by atoms with E-state index in [9.17, 15) is 0 Å². The molecule has 1 aromatic rings. The smallest absolute Gasteiger partial charge is 0.0750 e. The molecule has 102 valence electrons. The topological polar surface area (TPSA) is 21.3 Å². The van der Waals surface area contributed by atoms with E-state index in [1.54, 1.807) is 0 Å². The maximum atomic E-state index is 5.68. The quantitative estimate of drug-likeness (QED) is 0.763. The molecular weight excluding hydrogens is 222 g/mol. The van der Waals surface area contributed by atoms with Gasteiger partial charge in [0.05, 0.1) is 6.10 Å². The Morgan fingerprint density at radius 3 is 2.33 bits per heavy atom. The van der Waals surface area contributed by atoms with Crippen LogP contribution >= 0.6 is 0 Å². The maximum absolute atomic E-state index is 5.68. The summed E-state index contributed by atoms with van der Waals surface area (Å²) in [5, 5.41) is 3.63. The lowest BCUT2D eigenvalue weighted by molar-refractivity contribution is 0.0332. The van der Waals surface area contributed by atoms with Crippen LogP contribution < -0.4 is 5.32 Å². The minimum Gasteiger partial charge on any atom is -0.380 e. The summed E-state index contributed by atoms with van der Waals surface area (Å²) in [6.07, 6.45) is 2.44. The summed E-state index contributed by atoms with van der Waals surface area (Å²) in [5.41, 5.74) is 1.37. The van der Waals surface area contributed by atoms with Gasteiger partial charge in [-0.25, -0.2) is 0 Å². The zero-order valence-electron chi connectivity index (χ0n) is 12.1. The van der Waals surface area contributed by atoms with E-state index >= 15 is 0 Å². The van der Waals surface area contributed by atoms with Gasteiger partial charge in [0.2, 0.25) is 0 Å². The van der Waals surface area contributed by atoms with Crippen LogP contribution in [0.1, 0.15) is 32.8 Å². The van der Waals surface area contributed by atoms with Crippen LogP contribution in [-0.2, 0) is 11.2 Å². The number of hydrogen-bond donors (Lipinski definition) is 1. The van der Waals surface area contributed by atoms with E-state index in [1.165, 1.54) is 5.56 Å². The average Bonchev–Trinajstić information content (AvgIpc) is 2.37. The number of ether oxygens (including phenoxy) is 1. The molecule has 1 rings (SSSR count). The summed E-state index contributed by atoms with van der Waals surface area (Å²) < 4.78 is 5.68. The summed E-state index contributed by atoms with van der Waals surface area (Å²) in [5.74, 6) is 0.521. The molecule has 0 saturated carbocycles. The zero-order chi connectivity index (χ0) is 13.4. The van der Waals surface area contributed by atoms with E-state index in [0.717, 1.165) is 19.4 Å². The van der Waals surface area contributed by atoms with Crippen molar-refractivity contribution in [3.05, 3.63) is 35.9 Å². The van der Waals surface area contributed by atoms with Gasteiger partial charge in [-0.15, -0.1) is 0 Å². The van der Waals surface area contributed by atoms with E-state index < -0.39 is 0 Å². The molecule has 0 spiro atoms. The molecule has 18 heavy (non-hydrogen) atoms. The van der Waals surface area contributed by atoms with Gasteiger partial charge in [0, 0.05) is 13.2 Å². The first kappa shape index (κ1) is 15.2. The Kier molecular flexibility index (Phi) is 6.99. The van der Waals surface area contributed by atoms with Gasteiger partial charge >= 0.3 is 0 Å². The minimum absolute atomic E-state index is 0.261. The van der Waals surface area contributed by atoms with Crippen LogP contribution in [0.5, 0.6) is 0 Å². The third kappa shape index (κ3) is 4.79. The van der Waals surface area contributed by atoms with Gasteiger partial charge in [0.25, 0.3) is 0 Å². The van der Waals surface area contributed by atoms with Gasteiger partial charge in [-0.1, -0.05) is 51.1 Å². The summed E-state index contributed by atoms with van der Waals surface area (Å²) >= 11 is 0. The minimum atomic E-state index is 0.261.